The van der Waals surface area contributed by atoms with E-state index in [0.29, 0.717) is 15.9 Å². The summed E-state index contributed by atoms with van der Waals surface area (Å²) in [6.07, 6.45) is 7.64. The van der Waals surface area contributed by atoms with E-state index in [1.54, 1.807) is 6.33 Å². The first-order chi connectivity index (χ1) is 8.24. The maximum atomic E-state index is 9.29. The van der Waals surface area contributed by atoms with Crippen LogP contribution < -0.4 is 5.49 Å². The van der Waals surface area contributed by atoms with Crippen molar-refractivity contribution in [1.29, 1.82) is 5.41 Å². The Kier molecular flexibility index (Phi) is 3.41. The number of rotatable bonds is 5. The minimum Gasteiger partial charge on any atom is -0.425 e. The van der Waals surface area contributed by atoms with E-state index >= 15 is 0 Å². The van der Waals surface area contributed by atoms with Crippen molar-refractivity contribution in [3.63, 3.8) is 0 Å². The summed E-state index contributed by atoms with van der Waals surface area (Å²) in [6, 6.07) is 0. The first-order valence-corrected chi connectivity index (χ1v) is 5.90. The number of fused-ring (bicyclic) bond motifs is 1. The SMILES string of the molecule is CCCCCCn1cnc2c(=N)n(O)cnc21. The molecule has 0 radical (unpaired) electrons. The van der Waals surface area contributed by atoms with Crippen LogP contribution in [0, 0.1) is 5.41 Å². The average molecular weight is 235 g/mol. The van der Waals surface area contributed by atoms with E-state index in [2.05, 4.69) is 16.9 Å². The van der Waals surface area contributed by atoms with Gasteiger partial charge in [0.2, 0.25) is 0 Å². The van der Waals surface area contributed by atoms with Crippen LogP contribution in [0.3, 0.4) is 0 Å². The fourth-order valence-electron chi connectivity index (χ4n) is 1.83. The van der Waals surface area contributed by atoms with Crippen LogP contribution in [0.2, 0.25) is 0 Å². The second-order valence-corrected chi connectivity index (χ2v) is 4.11. The number of aromatic nitrogens is 4. The Labute approximate surface area is 99.0 Å². The van der Waals surface area contributed by atoms with Crippen LogP contribution >= 0.6 is 0 Å². The minimum absolute atomic E-state index is 0.0256. The molecule has 0 saturated carbocycles. The molecule has 0 saturated heterocycles. The molecule has 6 heteroatoms. The molecule has 0 atom stereocenters. The molecule has 2 rings (SSSR count). The Morgan fingerprint density at radius 2 is 2.06 bits per heavy atom. The molecule has 0 aliphatic heterocycles. The number of hydrogen-bond acceptors (Lipinski definition) is 4. The van der Waals surface area contributed by atoms with Crippen LogP contribution in [0.25, 0.3) is 11.2 Å². The van der Waals surface area contributed by atoms with Crippen molar-refractivity contribution < 1.29 is 5.21 Å². The molecule has 6 nitrogen and oxygen atoms in total. The Bertz CT molecular complexity index is 556. The molecule has 0 unspecified atom stereocenters. The summed E-state index contributed by atoms with van der Waals surface area (Å²) in [5, 5.41) is 16.9. The van der Waals surface area contributed by atoms with Crippen LogP contribution in [0.15, 0.2) is 12.7 Å². The third kappa shape index (κ3) is 2.30. The summed E-state index contributed by atoms with van der Waals surface area (Å²) < 4.78 is 2.61. The molecule has 2 N–H and O–H groups in total. The van der Waals surface area contributed by atoms with Crippen LogP contribution in [0.4, 0.5) is 0 Å². The fraction of sp³-hybridized carbons (Fsp3) is 0.545. The van der Waals surface area contributed by atoms with Crippen molar-refractivity contribution in [2.75, 3.05) is 0 Å². The number of aryl methyl sites for hydroxylation is 1. The standard InChI is InChI=1S/C11H17N5O/c1-2-3-4-5-6-15-7-13-9-10(12)16(17)8-14-11(9)15/h7-8,12,17H,2-6H2,1H3. The number of hydrogen-bond donors (Lipinski definition) is 2. The van der Waals surface area contributed by atoms with Gasteiger partial charge in [-0.2, -0.15) is 4.73 Å². The number of nitrogens with zero attached hydrogens (tertiary/aromatic N) is 4. The largest absolute Gasteiger partial charge is 0.425 e. The minimum atomic E-state index is -0.0256. The fourth-order valence-corrected chi connectivity index (χ4v) is 1.83. The zero-order valence-corrected chi connectivity index (χ0v) is 9.93. The van der Waals surface area contributed by atoms with Gasteiger partial charge < -0.3 is 9.77 Å². The lowest BCUT2D eigenvalue weighted by atomic mass is 10.2. The molecule has 2 aromatic rings. The predicted molar refractivity (Wildman–Crippen MR) is 62.7 cm³/mol. The molecule has 0 spiro atoms. The Morgan fingerprint density at radius 1 is 1.24 bits per heavy atom. The van der Waals surface area contributed by atoms with E-state index in [4.69, 9.17) is 5.41 Å². The van der Waals surface area contributed by atoms with Gasteiger partial charge in [-0.1, -0.05) is 26.2 Å². The summed E-state index contributed by atoms with van der Waals surface area (Å²) in [7, 11) is 0. The smallest absolute Gasteiger partial charge is 0.192 e. The van der Waals surface area contributed by atoms with E-state index in [-0.39, 0.29) is 5.49 Å². The van der Waals surface area contributed by atoms with Gasteiger partial charge in [0.15, 0.2) is 16.7 Å². The van der Waals surface area contributed by atoms with E-state index in [1.807, 2.05) is 4.57 Å². The average Bonchev–Trinajstić information content (AvgIpc) is 2.73. The van der Waals surface area contributed by atoms with E-state index in [0.717, 1.165) is 13.0 Å². The molecule has 92 valence electrons. The maximum Gasteiger partial charge on any atom is 0.192 e. The molecule has 0 amide bonds. The van der Waals surface area contributed by atoms with Gasteiger partial charge in [-0.05, 0) is 6.42 Å². The van der Waals surface area contributed by atoms with E-state index in [1.165, 1.54) is 25.6 Å². The second kappa shape index (κ2) is 4.99. The summed E-state index contributed by atoms with van der Waals surface area (Å²) in [5.74, 6) is 0. The topological polar surface area (TPSA) is 79.7 Å². The Hall–Kier alpha value is -1.85. The Balaban J connectivity index is 2.19. The van der Waals surface area contributed by atoms with Crippen molar-refractivity contribution in [3.8, 4) is 0 Å². The molecule has 0 aliphatic carbocycles. The van der Waals surface area contributed by atoms with Gasteiger partial charge in [0, 0.05) is 6.54 Å². The first-order valence-electron chi connectivity index (χ1n) is 5.90. The number of nitrogens with one attached hydrogen (secondary N) is 1. The molecular weight excluding hydrogens is 218 g/mol. The van der Waals surface area contributed by atoms with Gasteiger partial charge in [-0.15, -0.1) is 0 Å². The van der Waals surface area contributed by atoms with Crippen LogP contribution in [-0.4, -0.2) is 24.5 Å². The molecule has 0 aromatic carbocycles. The first kappa shape index (κ1) is 11.6. The molecule has 0 fully saturated rings. The third-order valence-electron chi connectivity index (χ3n) is 2.81. The van der Waals surface area contributed by atoms with Gasteiger partial charge in [-0.3, -0.25) is 5.41 Å². The number of imidazole rings is 1. The third-order valence-corrected chi connectivity index (χ3v) is 2.81. The quantitative estimate of drug-likeness (QED) is 0.609. The summed E-state index contributed by atoms with van der Waals surface area (Å²) in [6.45, 7) is 3.04. The lowest BCUT2D eigenvalue weighted by molar-refractivity contribution is 0.168. The highest BCUT2D eigenvalue weighted by atomic mass is 16.5. The van der Waals surface area contributed by atoms with Crippen molar-refractivity contribution in [3.05, 3.63) is 18.1 Å². The lowest BCUT2D eigenvalue weighted by Crippen LogP contribution is -2.18. The van der Waals surface area contributed by atoms with Crippen LogP contribution in [0.1, 0.15) is 32.6 Å². The molecular formula is C11H17N5O. The molecule has 2 heterocycles. The summed E-state index contributed by atoms with van der Waals surface area (Å²) in [5.41, 5.74) is 1.07. The van der Waals surface area contributed by atoms with Gasteiger partial charge in [0.25, 0.3) is 0 Å². The maximum absolute atomic E-state index is 9.29. The van der Waals surface area contributed by atoms with Crippen LogP contribution in [0.5, 0.6) is 0 Å². The Morgan fingerprint density at radius 3 is 2.82 bits per heavy atom. The van der Waals surface area contributed by atoms with E-state index in [9.17, 15) is 5.21 Å². The van der Waals surface area contributed by atoms with Crippen molar-refractivity contribution in [1.82, 2.24) is 19.3 Å². The second-order valence-electron chi connectivity index (χ2n) is 4.11. The van der Waals surface area contributed by atoms with Gasteiger partial charge >= 0.3 is 0 Å². The van der Waals surface area contributed by atoms with Crippen molar-refractivity contribution in [2.24, 2.45) is 0 Å². The molecule has 17 heavy (non-hydrogen) atoms. The molecule has 0 aliphatic rings. The highest BCUT2D eigenvalue weighted by molar-refractivity contribution is 5.68. The normalized spacial score (nSPS) is 11.1. The zero-order chi connectivity index (χ0) is 12.3. The van der Waals surface area contributed by atoms with Gasteiger partial charge in [0.05, 0.1) is 6.33 Å². The van der Waals surface area contributed by atoms with Gasteiger partial charge in [0.1, 0.15) is 6.33 Å². The lowest BCUT2D eigenvalue weighted by Gasteiger charge is -2.03. The zero-order valence-electron chi connectivity index (χ0n) is 9.93. The van der Waals surface area contributed by atoms with E-state index < -0.39 is 0 Å². The van der Waals surface area contributed by atoms with Crippen molar-refractivity contribution in [2.45, 2.75) is 39.2 Å². The summed E-state index contributed by atoms with van der Waals surface area (Å²) >= 11 is 0. The predicted octanol–water partition coefficient (Wildman–Crippen LogP) is 1.53. The highest BCUT2D eigenvalue weighted by Crippen LogP contribution is 2.07. The molecule has 2 aromatic heterocycles. The highest BCUT2D eigenvalue weighted by Gasteiger charge is 2.07. The monoisotopic (exact) mass is 235 g/mol. The van der Waals surface area contributed by atoms with Gasteiger partial charge in [-0.25, -0.2) is 9.97 Å². The molecule has 0 bridgehead atoms. The summed E-state index contributed by atoms with van der Waals surface area (Å²) in [4.78, 5) is 8.20. The number of unbranched alkanes of at least 4 members (excludes halogenated alkanes) is 3. The van der Waals surface area contributed by atoms with Crippen LogP contribution in [-0.2, 0) is 6.54 Å². The van der Waals surface area contributed by atoms with Crippen molar-refractivity contribution >= 4 is 11.2 Å².